The molecule has 206 valence electrons. The van der Waals surface area contributed by atoms with E-state index >= 15 is 0 Å². The Morgan fingerprint density at radius 1 is 1.08 bits per heavy atom. The van der Waals surface area contributed by atoms with Crippen molar-refractivity contribution in [2.75, 3.05) is 6.61 Å². The highest BCUT2D eigenvalue weighted by atomic mass is 32.2. The molecule has 0 aromatic heterocycles. The van der Waals surface area contributed by atoms with E-state index in [2.05, 4.69) is 6.92 Å². The number of aliphatic hydroxyl groups excluding tert-OH is 1. The molecule has 7 nitrogen and oxygen atoms in total. The Hall–Kier alpha value is -2.15. The van der Waals surface area contributed by atoms with Gasteiger partial charge in [-0.1, -0.05) is 43.3 Å². The van der Waals surface area contributed by atoms with Gasteiger partial charge in [0.15, 0.2) is 5.57 Å². The van der Waals surface area contributed by atoms with Crippen LogP contribution >= 0.6 is 23.5 Å². The number of fused-ring (bicyclic) bond motifs is 1. The maximum atomic E-state index is 13.2. The Balaban J connectivity index is 1.43. The molecule has 0 radical (unpaired) electrons. The van der Waals surface area contributed by atoms with Crippen LogP contribution in [0.5, 0.6) is 11.5 Å². The summed E-state index contributed by atoms with van der Waals surface area (Å²) < 4.78 is 11.5. The van der Waals surface area contributed by atoms with Gasteiger partial charge in [0.25, 0.3) is 0 Å². The summed E-state index contributed by atoms with van der Waals surface area (Å²) in [5.41, 5.74) is 0.443. The topological polar surface area (TPSA) is 117 Å². The van der Waals surface area contributed by atoms with E-state index in [-0.39, 0.29) is 36.2 Å². The van der Waals surface area contributed by atoms with Gasteiger partial charge >= 0.3 is 11.9 Å². The molecule has 1 aromatic rings. The lowest BCUT2D eigenvalue weighted by molar-refractivity contribution is -0.141. The molecular formula is C29H37NO6S2. The average molecular weight is 560 g/mol. The van der Waals surface area contributed by atoms with E-state index in [0.717, 1.165) is 61.0 Å². The van der Waals surface area contributed by atoms with Crippen LogP contribution in [-0.2, 0) is 14.3 Å². The number of aliphatic hydroxyl groups is 1. The molecule has 0 amide bonds. The smallest absolute Gasteiger partial charge is 0.350 e. The number of benzene rings is 1. The fourth-order valence-corrected chi connectivity index (χ4v) is 8.29. The van der Waals surface area contributed by atoms with Gasteiger partial charge in [-0.15, -0.1) is 0 Å². The van der Waals surface area contributed by atoms with Crippen LogP contribution in [0.15, 0.2) is 25.7 Å². The van der Waals surface area contributed by atoms with Crippen molar-refractivity contribution in [3.05, 3.63) is 21.4 Å². The molecule has 2 saturated carbocycles. The maximum Gasteiger partial charge on any atom is 0.350 e. The molecule has 1 heterocycles. The molecule has 0 bridgehead atoms. The zero-order valence-corrected chi connectivity index (χ0v) is 24.0. The second kappa shape index (κ2) is 12.8. The van der Waals surface area contributed by atoms with E-state index in [0.29, 0.717) is 31.3 Å². The fourth-order valence-electron chi connectivity index (χ4n) is 5.70. The molecule has 2 N–H and O–H groups in total. The van der Waals surface area contributed by atoms with Gasteiger partial charge in [0.1, 0.15) is 17.6 Å². The van der Waals surface area contributed by atoms with Crippen molar-refractivity contribution in [1.82, 2.24) is 0 Å². The Labute approximate surface area is 233 Å². The largest absolute Gasteiger partial charge is 0.507 e. The van der Waals surface area contributed by atoms with Gasteiger partial charge < -0.3 is 19.7 Å². The monoisotopic (exact) mass is 559 g/mol. The number of hydrogen-bond donors (Lipinski definition) is 2. The van der Waals surface area contributed by atoms with E-state index in [1.807, 2.05) is 6.07 Å². The molecule has 1 aliphatic heterocycles. The molecule has 0 spiro atoms. The lowest BCUT2D eigenvalue weighted by Gasteiger charge is -2.36. The lowest BCUT2D eigenvalue weighted by Crippen LogP contribution is -2.30. The second-order valence-corrected chi connectivity index (χ2v) is 13.3. The first-order chi connectivity index (χ1) is 18.2. The number of rotatable bonds is 7. The summed E-state index contributed by atoms with van der Waals surface area (Å²) in [5, 5.41) is 29.6. The third kappa shape index (κ3) is 6.70. The summed E-state index contributed by atoms with van der Waals surface area (Å²) in [4.78, 5) is 26.7. The molecule has 4 rings (SSSR count). The van der Waals surface area contributed by atoms with Crippen molar-refractivity contribution >= 4 is 35.5 Å². The third-order valence-corrected chi connectivity index (χ3v) is 10.7. The zero-order chi connectivity index (χ0) is 27.4. The van der Waals surface area contributed by atoms with Gasteiger partial charge in [-0.3, -0.25) is 4.79 Å². The first kappa shape index (κ1) is 28.8. The summed E-state index contributed by atoms with van der Waals surface area (Å²) in [6.07, 6.45) is 8.68. The van der Waals surface area contributed by atoms with Gasteiger partial charge in [0.2, 0.25) is 0 Å². The quantitative estimate of drug-likeness (QED) is 0.167. The zero-order valence-electron chi connectivity index (χ0n) is 22.3. The normalized spacial score (nSPS) is 27.1. The Morgan fingerprint density at radius 2 is 1.68 bits per heavy atom. The van der Waals surface area contributed by atoms with Gasteiger partial charge in [-0.2, -0.15) is 5.26 Å². The van der Waals surface area contributed by atoms with Crippen LogP contribution < -0.4 is 4.74 Å². The first-order valence-electron chi connectivity index (χ1n) is 13.6. The van der Waals surface area contributed by atoms with Crippen LogP contribution in [0.1, 0.15) is 77.2 Å². The highest BCUT2D eigenvalue weighted by Gasteiger charge is 2.36. The minimum atomic E-state index is -0.783. The first-order valence-corrected chi connectivity index (χ1v) is 15.2. The highest BCUT2D eigenvalue weighted by molar-refractivity contribution is 8.24. The number of esters is 2. The number of thioether (sulfide) groups is 2. The van der Waals surface area contributed by atoms with Gasteiger partial charge in [0, 0.05) is 6.42 Å². The molecule has 1 atom stereocenters. The SMILES string of the molecule is Cc1cc(O)c2c(c1OC(=O)C1CCC(C3CCC(C)CC3)CC1)S/C(=C(/C#N)C(=O)OCCC(C)O)S2. The standard InChI is InChI=1S/C29H37NO6S2/c1-16-4-6-19(7-5-16)20-8-10-21(11-9-20)27(33)36-24-17(2)14-23(32)25-26(24)38-29(37-25)22(15-30)28(34)35-13-12-18(3)31/h14,16,18-21,31-32H,4-13H2,1-3H3/b29-22-. The molecule has 3 aliphatic rings. The Kier molecular flexibility index (Phi) is 9.72. The average Bonchev–Trinajstić information content (AvgIpc) is 3.33. The molecule has 2 fully saturated rings. The van der Waals surface area contributed by atoms with Crippen LogP contribution in [0.2, 0.25) is 0 Å². The molecular weight excluding hydrogens is 522 g/mol. The summed E-state index contributed by atoms with van der Waals surface area (Å²) in [6.45, 7) is 5.69. The maximum absolute atomic E-state index is 13.2. The van der Waals surface area contributed by atoms with Crippen LogP contribution in [0.25, 0.3) is 0 Å². The van der Waals surface area contributed by atoms with Crippen molar-refractivity contribution in [2.45, 2.75) is 94.5 Å². The number of nitriles is 1. The lowest BCUT2D eigenvalue weighted by atomic mass is 9.69. The van der Waals surface area contributed by atoms with Crippen molar-refractivity contribution in [2.24, 2.45) is 23.7 Å². The number of ether oxygens (including phenoxy) is 2. The molecule has 1 unspecified atom stereocenters. The van der Waals surface area contributed by atoms with Crippen molar-refractivity contribution in [1.29, 1.82) is 5.26 Å². The molecule has 9 heteroatoms. The van der Waals surface area contributed by atoms with Crippen LogP contribution in [0.4, 0.5) is 0 Å². The van der Waals surface area contributed by atoms with Crippen molar-refractivity contribution < 1.29 is 29.3 Å². The number of carbonyl (C=O) groups excluding carboxylic acids is 2. The highest BCUT2D eigenvalue weighted by Crippen LogP contribution is 2.59. The summed E-state index contributed by atoms with van der Waals surface area (Å²) in [5.74, 6) is 1.53. The van der Waals surface area contributed by atoms with E-state index in [1.165, 1.54) is 25.7 Å². The number of aromatic hydroxyl groups is 1. The predicted octanol–water partition coefficient (Wildman–Crippen LogP) is 6.49. The molecule has 1 aromatic carbocycles. The van der Waals surface area contributed by atoms with Crippen LogP contribution in [-0.4, -0.2) is 34.9 Å². The van der Waals surface area contributed by atoms with Gasteiger partial charge in [-0.25, -0.2) is 4.79 Å². The Morgan fingerprint density at radius 3 is 2.29 bits per heavy atom. The minimum Gasteiger partial charge on any atom is -0.507 e. The van der Waals surface area contributed by atoms with E-state index in [4.69, 9.17) is 9.47 Å². The third-order valence-electron chi connectivity index (χ3n) is 8.07. The molecule has 2 aliphatic carbocycles. The predicted molar refractivity (Wildman–Crippen MR) is 147 cm³/mol. The number of carbonyl (C=O) groups is 2. The summed E-state index contributed by atoms with van der Waals surface area (Å²) >= 11 is 2.23. The summed E-state index contributed by atoms with van der Waals surface area (Å²) in [7, 11) is 0. The van der Waals surface area contributed by atoms with E-state index in [9.17, 15) is 25.1 Å². The molecule has 0 saturated heterocycles. The van der Waals surface area contributed by atoms with Crippen LogP contribution in [0.3, 0.4) is 0 Å². The van der Waals surface area contributed by atoms with E-state index in [1.54, 1.807) is 19.9 Å². The molecule has 38 heavy (non-hydrogen) atoms. The van der Waals surface area contributed by atoms with Crippen LogP contribution in [0, 0.1) is 41.9 Å². The number of aryl methyl sites for hydroxylation is 1. The van der Waals surface area contributed by atoms with Crippen molar-refractivity contribution in [3.63, 3.8) is 0 Å². The fraction of sp³-hybridized carbons (Fsp3) is 0.621. The number of phenolic OH excluding ortho intramolecular Hbond substituents is 1. The van der Waals surface area contributed by atoms with Crippen molar-refractivity contribution in [3.8, 4) is 17.6 Å². The number of nitrogens with zero attached hydrogens (tertiary/aromatic N) is 1. The number of phenols is 1. The van der Waals surface area contributed by atoms with Gasteiger partial charge in [-0.05, 0) is 81.8 Å². The minimum absolute atomic E-state index is 0.00636. The Bertz CT molecular complexity index is 1120. The number of hydrogen-bond acceptors (Lipinski definition) is 9. The van der Waals surface area contributed by atoms with Gasteiger partial charge in [0.05, 0.1) is 32.7 Å². The summed E-state index contributed by atoms with van der Waals surface area (Å²) in [6, 6.07) is 3.46. The second-order valence-electron chi connectivity index (χ2n) is 11.0. The van der Waals surface area contributed by atoms with E-state index < -0.39 is 12.1 Å².